The minimum atomic E-state index is 0. The molecule has 1 nitrogen and oxygen atoms in total. The monoisotopic (exact) mass is 559 g/mol. The quantitative estimate of drug-likeness (QED) is 0.160. The van der Waals surface area contributed by atoms with Crippen LogP contribution in [0, 0.1) is 36.9 Å². The van der Waals surface area contributed by atoms with Gasteiger partial charge in [0, 0.05) is 55.4 Å². The fourth-order valence-corrected chi connectivity index (χ4v) is 3.07. The van der Waals surface area contributed by atoms with E-state index in [2.05, 4.69) is 42.1 Å². The summed E-state index contributed by atoms with van der Waals surface area (Å²) in [6.45, 7) is 3.47. The number of hydrogen-bond acceptors (Lipinski definition) is 0. The average molecular weight is 560 g/mol. The molecule has 0 aliphatic rings. The van der Waals surface area contributed by atoms with Crippen LogP contribution in [-0.4, -0.2) is 0 Å². The Hall–Kier alpha value is 0.864. The minimum Gasteiger partial charge on any atom is -0.205 e. The van der Waals surface area contributed by atoms with E-state index >= 15 is 0 Å². The first-order valence-electron chi connectivity index (χ1n) is 9.87. The standard InChI is InChI=1S/C21H38N.BrH.Lu/c1-2-3-4-5-6-7-8-9-10-11-12-13-14-16-19-22-20-17-15-18-21-22;;/h15,17-18,20-21H,2-14,16,19H2,1H3;1H;/q+1;;. The van der Waals surface area contributed by atoms with Gasteiger partial charge in [0.2, 0.25) is 0 Å². The maximum absolute atomic E-state index is 2.29. The largest absolute Gasteiger partial charge is 0.205 e. The number of unbranched alkanes of at least 4 members (excludes halogenated alkanes) is 13. The first-order valence-corrected chi connectivity index (χ1v) is 9.87. The summed E-state index contributed by atoms with van der Waals surface area (Å²) in [7, 11) is 0. The van der Waals surface area contributed by atoms with Crippen LogP contribution in [0.3, 0.4) is 0 Å². The van der Waals surface area contributed by atoms with E-state index in [1.54, 1.807) is 0 Å². The second kappa shape index (κ2) is 21.9. The Balaban J connectivity index is 0. The van der Waals surface area contributed by atoms with Crippen LogP contribution < -0.4 is 4.57 Å². The number of pyridine rings is 1. The fraction of sp³-hybridized carbons (Fsp3) is 0.762. The van der Waals surface area contributed by atoms with Crippen molar-refractivity contribution in [1.29, 1.82) is 0 Å². The molecular formula is C21H39BrLuN+. The Morgan fingerprint density at radius 2 is 0.917 bits per heavy atom. The van der Waals surface area contributed by atoms with Crippen LogP contribution in [0.5, 0.6) is 0 Å². The van der Waals surface area contributed by atoms with Gasteiger partial charge in [-0.1, -0.05) is 90.0 Å². The second-order valence-corrected chi connectivity index (χ2v) is 6.71. The summed E-state index contributed by atoms with van der Waals surface area (Å²) in [4.78, 5) is 0. The van der Waals surface area contributed by atoms with Crippen LogP contribution in [0.25, 0.3) is 0 Å². The van der Waals surface area contributed by atoms with E-state index in [9.17, 15) is 0 Å². The Bertz CT molecular complexity index is 332. The molecule has 149 valence electrons. The molecule has 0 saturated heterocycles. The SMILES string of the molecule is Br.CCCCCCCCCCCCCCCC[n+]1ccccc1.[Lu]. The molecule has 0 aliphatic carbocycles. The van der Waals surface area contributed by atoms with Gasteiger partial charge in [-0.15, -0.1) is 17.0 Å². The van der Waals surface area contributed by atoms with Crippen molar-refractivity contribution in [2.24, 2.45) is 0 Å². The van der Waals surface area contributed by atoms with E-state index in [1.165, 1.54) is 96.4 Å². The van der Waals surface area contributed by atoms with Crippen molar-refractivity contribution in [2.45, 2.75) is 103 Å². The molecule has 1 rings (SSSR count). The molecular weight excluding hydrogens is 521 g/mol. The Labute approximate surface area is 191 Å². The minimum absolute atomic E-state index is 0. The van der Waals surface area contributed by atoms with Crippen LogP contribution in [-0.2, 0) is 6.54 Å². The summed E-state index contributed by atoms with van der Waals surface area (Å²) in [6.07, 6.45) is 24.4. The third-order valence-corrected chi connectivity index (χ3v) is 4.55. The summed E-state index contributed by atoms with van der Waals surface area (Å²) < 4.78 is 2.29. The van der Waals surface area contributed by atoms with Crippen LogP contribution in [0.2, 0.25) is 0 Å². The summed E-state index contributed by atoms with van der Waals surface area (Å²) in [5, 5.41) is 0. The van der Waals surface area contributed by atoms with Crippen molar-refractivity contribution >= 4 is 17.0 Å². The van der Waals surface area contributed by atoms with Gasteiger partial charge >= 0.3 is 0 Å². The molecule has 0 aromatic carbocycles. The zero-order chi connectivity index (χ0) is 15.7. The normalized spacial score (nSPS) is 10.0. The van der Waals surface area contributed by atoms with Crippen LogP contribution in [0.15, 0.2) is 30.6 Å². The van der Waals surface area contributed by atoms with Crippen LogP contribution >= 0.6 is 17.0 Å². The number of aromatic nitrogens is 1. The average Bonchev–Trinajstić information content (AvgIpc) is 2.56. The molecule has 1 radical (unpaired) electrons. The number of halogens is 1. The summed E-state index contributed by atoms with van der Waals surface area (Å²) >= 11 is 0. The molecule has 0 unspecified atom stereocenters. The summed E-state index contributed by atoms with van der Waals surface area (Å²) in [6, 6.07) is 6.31. The molecule has 0 N–H and O–H groups in total. The van der Waals surface area contributed by atoms with E-state index in [0.717, 1.165) is 0 Å². The van der Waals surface area contributed by atoms with E-state index in [0.29, 0.717) is 0 Å². The van der Waals surface area contributed by atoms with Crippen molar-refractivity contribution in [3.05, 3.63) is 30.6 Å². The number of hydrogen-bond donors (Lipinski definition) is 0. The zero-order valence-corrected chi connectivity index (χ0v) is 19.0. The summed E-state index contributed by atoms with van der Waals surface area (Å²) in [5.74, 6) is 0. The van der Waals surface area contributed by atoms with Gasteiger partial charge in [-0.3, -0.25) is 0 Å². The van der Waals surface area contributed by atoms with E-state index in [4.69, 9.17) is 0 Å². The molecule has 0 atom stereocenters. The molecule has 0 saturated carbocycles. The molecule has 1 heterocycles. The fourth-order valence-electron chi connectivity index (χ4n) is 3.07. The Kier molecular flexibility index (Phi) is 24.7. The maximum Gasteiger partial charge on any atom is 0.168 e. The van der Waals surface area contributed by atoms with Gasteiger partial charge in [0.1, 0.15) is 6.54 Å². The third-order valence-electron chi connectivity index (χ3n) is 4.55. The van der Waals surface area contributed by atoms with Gasteiger partial charge in [-0.25, -0.2) is 4.57 Å². The predicted octanol–water partition coefficient (Wildman–Crippen LogP) is 7.03. The molecule has 0 amide bonds. The Morgan fingerprint density at radius 3 is 1.33 bits per heavy atom. The molecule has 1 aromatic heterocycles. The van der Waals surface area contributed by atoms with Gasteiger partial charge in [0.25, 0.3) is 0 Å². The van der Waals surface area contributed by atoms with Crippen molar-refractivity contribution in [3.63, 3.8) is 0 Å². The topological polar surface area (TPSA) is 3.88 Å². The second-order valence-electron chi connectivity index (χ2n) is 6.71. The first kappa shape index (κ1) is 27.1. The first-order chi connectivity index (χ1) is 10.9. The Morgan fingerprint density at radius 1 is 0.542 bits per heavy atom. The van der Waals surface area contributed by atoms with Gasteiger partial charge < -0.3 is 0 Å². The third kappa shape index (κ3) is 17.7. The van der Waals surface area contributed by atoms with Gasteiger partial charge in [-0.2, -0.15) is 0 Å². The maximum atomic E-state index is 2.29. The zero-order valence-electron chi connectivity index (χ0n) is 15.6. The van der Waals surface area contributed by atoms with Crippen molar-refractivity contribution < 1.29 is 41.4 Å². The van der Waals surface area contributed by atoms with Crippen molar-refractivity contribution in [1.82, 2.24) is 0 Å². The summed E-state index contributed by atoms with van der Waals surface area (Å²) in [5.41, 5.74) is 0. The van der Waals surface area contributed by atoms with Gasteiger partial charge in [-0.05, 0) is 6.42 Å². The number of aryl methyl sites for hydroxylation is 1. The smallest absolute Gasteiger partial charge is 0.168 e. The molecule has 1 aromatic rings. The van der Waals surface area contributed by atoms with E-state index in [-0.39, 0.29) is 53.9 Å². The predicted molar refractivity (Wildman–Crippen MR) is 107 cm³/mol. The molecule has 3 heteroatoms. The van der Waals surface area contributed by atoms with Crippen molar-refractivity contribution in [3.8, 4) is 0 Å². The molecule has 0 fully saturated rings. The molecule has 0 spiro atoms. The van der Waals surface area contributed by atoms with Crippen LogP contribution in [0.4, 0.5) is 0 Å². The number of nitrogens with zero attached hydrogens (tertiary/aromatic N) is 1. The molecule has 24 heavy (non-hydrogen) atoms. The van der Waals surface area contributed by atoms with Gasteiger partial charge in [0.05, 0.1) is 0 Å². The van der Waals surface area contributed by atoms with E-state index in [1.807, 2.05) is 0 Å². The van der Waals surface area contributed by atoms with Gasteiger partial charge in [0.15, 0.2) is 12.4 Å². The molecule has 0 aliphatic heterocycles. The van der Waals surface area contributed by atoms with E-state index < -0.39 is 0 Å². The van der Waals surface area contributed by atoms with Crippen molar-refractivity contribution in [2.75, 3.05) is 0 Å². The molecule has 0 bridgehead atoms. The van der Waals surface area contributed by atoms with Crippen LogP contribution in [0.1, 0.15) is 96.8 Å². The number of rotatable bonds is 15.